The minimum Gasteiger partial charge on any atom is -0.379 e. The zero-order valence-electron chi connectivity index (χ0n) is 14.6. The third kappa shape index (κ3) is 5.58. The summed E-state index contributed by atoms with van der Waals surface area (Å²) >= 11 is 12.0. The number of hydrogen-bond acceptors (Lipinski definition) is 3. The van der Waals surface area contributed by atoms with Gasteiger partial charge in [0.05, 0.1) is 23.3 Å². The van der Waals surface area contributed by atoms with Crippen LogP contribution in [0.5, 0.6) is 0 Å². The maximum atomic E-state index is 12.5. The summed E-state index contributed by atoms with van der Waals surface area (Å²) in [4.78, 5) is 17.0. The van der Waals surface area contributed by atoms with Gasteiger partial charge in [0.15, 0.2) is 0 Å². The van der Waals surface area contributed by atoms with E-state index >= 15 is 0 Å². The molecule has 2 saturated heterocycles. The van der Waals surface area contributed by atoms with Crippen LogP contribution < -0.4 is 0 Å². The number of nitrogens with zero attached hydrogens (tertiary/aromatic N) is 2. The van der Waals surface area contributed by atoms with E-state index in [9.17, 15) is 4.79 Å². The van der Waals surface area contributed by atoms with E-state index in [1.165, 1.54) is 0 Å². The summed E-state index contributed by atoms with van der Waals surface area (Å²) in [6, 6.07) is 5.59. The maximum absolute atomic E-state index is 12.5. The van der Waals surface area contributed by atoms with Gasteiger partial charge in [0.1, 0.15) is 0 Å². The van der Waals surface area contributed by atoms with Crippen LogP contribution in [0.2, 0.25) is 10.0 Å². The van der Waals surface area contributed by atoms with Crippen molar-refractivity contribution in [1.29, 1.82) is 0 Å². The highest BCUT2D eigenvalue weighted by Crippen LogP contribution is 2.24. The first-order valence-corrected chi connectivity index (χ1v) is 9.89. The van der Waals surface area contributed by atoms with Crippen LogP contribution in [0.4, 0.5) is 0 Å². The molecule has 25 heavy (non-hydrogen) atoms. The van der Waals surface area contributed by atoms with Gasteiger partial charge in [-0.2, -0.15) is 0 Å². The molecule has 1 amide bonds. The Bertz CT molecular complexity index is 583. The normalized spacial score (nSPS) is 20.0. The average Bonchev–Trinajstić information content (AvgIpc) is 2.64. The van der Waals surface area contributed by atoms with Crippen LogP contribution in [0.25, 0.3) is 0 Å². The van der Waals surface area contributed by atoms with Crippen molar-refractivity contribution >= 4 is 29.1 Å². The molecule has 0 atom stereocenters. The third-order valence-corrected chi connectivity index (χ3v) is 5.94. The van der Waals surface area contributed by atoms with Gasteiger partial charge in [0.25, 0.3) is 0 Å². The molecule has 0 spiro atoms. The molecular formula is C19H26Cl2N2O2. The highest BCUT2D eigenvalue weighted by Gasteiger charge is 2.24. The number of hydrogen-bond donors (Lipinski definition) is 0. The van der Waals surface area contributed by atoms with Crippen molar-refractivity contribution < 1.29 is 9.53 Å². The van der Waals surface area contributed by atoms with Gasteiger partial charge in [0, 0.05) is 39.1 Å². The van der Waals surface area contributed by atoms with Crippen LogP contribution in [0.15, 0.2) is 18.2 Å². The van der Waals surface area contributed by atoms with Gasteiger partial charge in [-0.3, -0.25) is 9.69 Å². The first-order valence-electron chi connectivity index (χ1n) is 9.13. The number of aryl methyl sites for hydroxylation is 1. The average molecular weight is 385 g/mol. The van der Waals surface area contributed by atoms with Crippen LogP contribution in [-0.4, -0.2) is 61.6 Å². The fraction of sp³-hybridized carbons (Fsp3) is 0.632. The lowest BCUT2D eigenvalue weighted by Gasteiger charge is -2.36. The molecule has 4 nitrogen and oxygen atoms in total. The first-order chi connectivity index (χ1) is 12.1. The lowest BCUT2D eigenvalue weighted by atomic mass is 9.95. The molecule has 3 rings (SSSR count). The van der Waals surface area contributed by atoms with E-state index in [1.54, 1.807) is 6.07 Å². The highest BCUT2D eigenvalue weighted by molar-refractivity contribution is 6.42. The van der Waals surface area contributed by atoms with Crippen molar-refractivity contribution in [3.8, 4) is 0 Å². The second-order valence-electron chi connectivity index (χ2n) is 6.99. The Morgan fingerprint density at radius 1 is 1.08 bits per heavy atom. The summed E-state index contributed by atoms with van der Waals surface area (Å²) in [5, 5.41) is 1.11. The van der Waals surface area contributed by atoms with E-state index in [0.29, 0.717) is 28.8 Å². The molecule has 1 aromatic rings. The Hall–Kier alpha value is -0.810. The lowest BCUT2D eigenvalue weighted by Crippen LogP contribution is -2.44. The second-order valence-corrected chi connectivity index (χ2v) is 7.80. The Morgan fingerprint density at radius 2 is 1.80 bits per heavy atom. The number of amides is 1. The molecule has 0 aromatic heterocycles. The Morgan fingerprint density at radius 3 is 2.48 bits per heavy atom. The molecular weight excluding hydrogens is 359 g/mol. The van der Waals surface area contributed by atoms with Crippen molar-refractivity contribution in [3.63, 3.8) is 0 Å². The Labute approximate surface area is 160 Å². The van der Waals surface area contributed by atoms with Crippen molar-refractivity contribution in [3.05, 3.63) is 33.8 Å². The van der Waals surface area contributed by atoms with Crippen LogP contribution in [0, 0.1) is 5.92 Å². The van der Waals surface area contributed by atoms with Crippen molar-refractivity contribution in [2.75, 3.05) is 45.9 Å². The van der Waals surface area contributed by atoms with Crippen LogP contribution in [0.3, 0.4) is 0 Å². The largest absolute Gasteiger partial charge is 0.379 e. The van der Waals surface area contributed by atoms with Crippen LogP contribution >= 0.6 is 23.2 Å². The number of rotatable bonds is 5. The Balaban J connectivity index is 1.39. The summed E-state index contributed by atoms with van der Waals surface area (Å²) in [6.45, 7) is 6.71. The molecule has 138 valence electrons. The molecule has 1 aromatic carbocycles. The van der Waals surface area contributed by atoms with Crippen LogP contribution in [-0.2, 0) is 16.0 Å². The molecule has 0 radical (unpaired) electrons. The molecule has 2 aliphatic rings. The molecule has 2 heterocycles. The number of ether oxygens (including phenoxy) is 1. The summed E-state index contributed by atoms with van der Waals surface area (Å²) in [6.07, 6.45) is 3.46. The fourth-order valence-electron chi connectivity index (χ4n) is 3.62. The maximum Gasteiger partial charge on any atom is 0.222 e. The molecule has 2 fully saturated rings. The molecule has 0 bridgehead atoms. The molecule has 0 unspecified atom stereocenters. The lowest BCUT2D eigenvalue weighted by molar-refractivity contribution is -0.132. The Kier molecular flexibility index (Phi) is 7.00. The number of piperidine rings is 1. The smallest absolute Gasteiger partial charge is 0.222 e. The minimum atomic E-state index is 0.246. The zero-order chi connectivity index (χ0) is 17.6. The van der Waals surface area contributed by atoms with E-state index in [-0.39, 0.29) is 5.91 Å². The second kappa shape index (κ2) is 9.22. The molecule has 2 aliphatic heterocycles. The van der Waals surface area contributed by atoms with E-state index in [4.69, 9.17) is 27.9 Å². The van der Waals surface area contributed by atoms with Gasteiger partial charge in [-0.05, 0) is 42.9 Å². The quantitative estimate of drug-likeness (QED) is 0.778. The summed E-state index contributed by atoms with van der Waals surface area (Å²) in [7, 11) is 0. The van der Waals surface area contributed by atoms with Gasteiger partial charge in [-0.15, -0.1) is 0 Å². The van der Waals surface area contributed by atoms with Crippen molar-refractivity contribution in [1.82, 2.24) is 9.80 Å². The minimum absolute atomic E-state index is 0.246. The van der Waals surface area contributed by atoms with Gasteiger partial charge in [-0.1, -0.05) is 29.3 Å². The predicted molar refractivity (Wildman–Crippen MR) is 101 cm³/mol. The number of benzene rings is 1. The summed E-state index contributed by atoms with van der Waals surface area (Å²) in [5.74, 6) is 0.952. The first kappa shape index (κ1) is 19.0. The topological polar surface area (TPSA) is 32.8 Å². The number of carbonyl (C=O) groups excluding carboxylic acids is 1. The monoisotopic (exact) mass is 384 g/mol. The third-order valence-electron chi connectivity index (χ3n) is 5.20. The molecule has 0 N–H and O–H groups in total. The summed E-state index contributed by atoms with van der Waals surface area (Å²) < 4.78 is 5.40. The summed E-state index contributed by atoms with van der Waals surface area (Å²) in [5.41, 5.74) is 1.06. The van der Waals surface area contributed by atoms with Crippen molar-refractivity contribution in [2.45, 2.75) is 25.7 Å². The standard InChI is InChI=1S/C19H26Cl2N2O2/c20-17-3-1-15(13-18(17)21)2-4-19(24)23-7-5-16(6-8-23)14-22-9-11-25-12-10-22/h1,3,13,16H,2,4-12,14H2. The van der Waals surface area contributed by atoms with Gasteiger partial charge in [0.2, 0.25) is 5.91 Å². The van der Waals surface area contributed by atoms with Gasteiger partial charge < -0.3 is 9.64 Å². The van der Waals surface area contributed by atoms with Crippen molar-refractivity contribution in [2.24, 2.45) is 5.92 Å². The van der Waals surface area contributed by atoms with Gasteiger partial charge in [-0.25, -0.2) is 0 Å². The molecule has 6 heteroatoms. The van der Waals surface area contributed by atoms with Gasteiger partial charge >= 0.3 is 0 Å². The number of morpholine rings is 1. The molecule has 0 aliphatic carbocycles. The number of halogens is 2. The van der Waals surface area contributed by atoms with Crippen LogP contribution in [0.1, 0.15) is 24.8 Å². The zero-order valence-corrected chi connectivity index (χ0v) is 16.1. The molecule has 0 saturated carbocycles. The SMILES string of the molecule is O=C(CCc1ccc(Cl)c(Cl)c1)N1CCC(CN2CCOCC2)CC1. The number of carbonyl (C=O) groups is 1. The number of likely N-dealkylation sites (tertiary alicyclic amines) is 1. The van der Waals surface area contributed by atoms with E-state index < -0.39 is 0 Å². The van der Waals surface area contributed by atoms with E-state index in [2.05, 4.69) is 4.90 Å². The van der Waals surface area contributed by atoms with E-state index in [0.717, 1.165) is 64.3 Å². The predicted octanol–water partition coefficient (Wildman–Crippen LogP) is 3.50. The highest BCUT2D eigenvalue weighted by atomic mass is 35.5. The van der Waals surface area contributed by atoms with E-state index in [1.807, 2.05) is 17.0 Å². The fourth-order valence-corrected chi connectivity index (χ4v) is 3.94.